The molecule has 2 aromatic carbocycles. The van der Waals surface area contributed by atoms with Crippen LogP contribution in [0.4, 0.5) is 0 Å². The highest BCUT2D eigenvalue weighted by atomic mass is 16.5. The fourth-order valence-electron chi connectivity index (χ4n) is 4.96. The average molecular weight is 392 g/mol. The molecule has 0 saturated carbocycles. The Kier molecular flexibility index (Phi) is 5.22. The van der Waals surface area contributed by atoms with Gasteiger partial charge >= 0.3 is 5.97 Å². The summed E-state index contributed by atoms with van der Waals surface area (Å²) in [6.07, 6.45) is 5.02. The number of benzene rings is 2. The second-order valence-corrected chi connectivity index (χ2v) is 8.35. The standard InChI is InChI=1S/C25H29NO3/c1-17-7-5-6-8-21(17)24(27)29-20-11-12-25(13-14-26(3)23(25)16-20)19-9-10-22(28-4)18(2)15-19/h5-10,15-16,23H,11-14H2,1-4H3. The highest BCUT2D eigenvalue weighted by Crippen LogP contribution is 2.48. The molecule has 0 radical (unpaired) electrons. The fraction of sp³-hybridized carbons (Fsp3) is 0.400. The Morgan fingerprint density at radius 1 is 1.10 bits per heavy atom. The molecule has 2 atom stereocenters. The SMILES string of the molecule is COc1ccc(C23CCC(OC(=O)c4ccccc4C)=CC2N(C)CC3)cc1C. The Bertz CT molecular complexity index is 964. The minimum absolute atomic E-state index is 0.0599. The van der Waals surface area contributed by atoms with Crippen LogP contribution in [-0.4, -0.2) is 37.6 Å². The van der Waals surface area contributed by atoms with Gasteiger partial charge in [-0.05, 0) is 75.2 Å². The molecule has 0 bridgehead atoms. The number of aryl methyl sites for hydroxylation is 2. The number of esters is 1. The Morgan fingerprint density at radius 3 is 2.62 bits per heavy atom. The molecule has 29 heavy (non-hydrogen) atoms. The Hall–Kier alpha value is -2.59. The van der Waals surface area contributed by atoms with Crippen LogP contribution < -0.4 is 4.74 Å². The summed E-state index contributed by atoms with van der Waals surface area (Å²) < 4.78 is 11.3. The van der Waals surface area contributed by atoms with Crippen molar-refractivity contribution in [3.63, 3.8) is 0 Å². The summed E-state index contributed by atoms with van der Waals surface area (Å²) in [5, 5.41) is 0. The van der Waals surface area contributed by atoms with Crippen molar-refractivity contribution in [3.8, 4) is 5.75 Å². The monoisotopic (exact) mass is 391 g/mol. The van der Waals surface area contributed by atoms with Gasteiger partial charge in [-0.15, -0.1) is 0 Å². The number of fused-ring (bicyclic) bond motifs is 1. The molecular formula is C25H29NO3. The van der Waals surface area contributed by atoms with Gasteiger partial charge < -0.3 is 9.47 Å². The number of nitrogens with zero attached hydrogens (tertiary/aromatic N) is 1. The molecule has 4 heteroatoms. The number of ether oxygens (including phenoxy) is 2. The van der Waals surface area contributed by atoms with Crippen LogP contribution in [0.3, 0.4) is 0 Å². The molecule has 1 fully saturated rings. The summed E-state index contributed by atoms with van der Waals surface area (Å²) in [5.41, 5.74) is 4.15. The molecule has 0 amide bonds. The molecule has 1 aliphatic carbocycles. The van der Waals surface area contributed by atoms with Gasteiger partial charge in [0, 0.05) is 17.9 Å². The second kappa shape index (κ2) is 7.68. The van der Waals surface area contributed by atoms with Crippen LogP contribution in [0.15, 0.2) is 54.3 Å². The summed E-state index contributed by atoms with van der Waals surface area (Å²) in [6, 6.07) is 14.3. The van der Waals surface area contributed by atoms with Gasteiger partial charge in [-0.1, -0.05) is 30.3 Å². The van der Waals surface area contributed by atoms with Gasteiger partial charge in [0.15, 0.2) is 0 Å². The molecule has 2 unspecified atom stereocenters. The number of likely N-dealkylation sites (N-methyl/N-ethyl adjacent to an activating group) is 1. The van der Waals surface area contributed by atoms with Crippen molar-refractivity contribution in [3.05, 3.63) is 76.6 Å². The Balaban J connectivity index is 1.62. The summed E-state index contributed by atoms with van der Waals surface area (Å²) in [4.78, 5) is 15.1. The molecule has 2 aliphatic rings. The van der Waals surface area contributed by atoms with Crippen molar-refractivity contribution in [2.75, 3.05) is 20.7 Å². The molecule has 1 saturated heterocycles. The quantitative estimate of drug-likeness (QED) is 0.703. The van der Waals surface area contributed by atoms with E-state index in [1.807, 2.05) is 31.2 Å². The molecular weight excluding hydrogens is 362 g/mol. The highest BCUT2D eigenvalue weighted by molar-refractivity contribution is 5.91. The number of rotatable bonds is 4. The summed E-state index contributed by atoms with van der Waals surface area (Å²) in [6.45, 7) is 5.07. The number of carbonyl (C=O) groups excluding carboxylic acids is 1. The van der Waals surface area contributed by atoms with E-state index in [-0.39, 0.29) is 17.4 Å². The van der Waals surface area contributed by atoms with Gasteiger partial charge in [-0.25, -0.2) is 4.79 Å². The molecule has 1 heterocycles. The van der Waals surface area contributed by atoms with Crippen molar-refractivity contribution in [1.82, 2.24) is 4.90 Å². The topological polar surface area (TPSA) is 38.8 Å². The zero-order chi connectivity index (χ0) is 20.6. The number of carbonyl (C=O) groups is 1. The minimum atomic E-state index is -0.261. The van der Waals surface area contributed by atoms with Crippen LogP contribution in [0.5, 0.6) is 5.75 Å². The lowest BCUT2D eigenvalue weighted by atomic mass is 9.68. The predicted octanol–water partition coefficient (Wildman–Crippen LogP) is 4.79. The van der Waals surface area contributed by atoms with Crippen LogP contribution >= 0.6 is 0 Å². The third kappa shape index (κ3) is 3.46. The average Bonchev–Trinajstić information content (AvgIpc) is 3.05. The predicted molar refractivity (Wildman–Crippen MR) is 114 cm³/mol. The number of likely N-dealkylation sites (tertiary alicyclic amines) is 1. The van der Waals surface area contributed by atoms with E-state index >= 15 is 0 Å². The largest absolute Gasteiger partial charge is 0.496 e. The summed E-state index contributed by atoms with van der Waals surface area (Å²) >= 11 is 0. The third-order valence-electron chi connectivity index (χ3n) is 6.67. The maximum absolute atomic E-state index is 12.7. The number of hydrogen-bond donors (Lipinski definition) is 0. The van der Waals surface area contributed by atoms with E-state index in [4.69, 9.17) is 9.47 Å². The second-order valence-electron chi connectivity index (χ2n) is 8.35. The number of allylic oxidation sites excluding steroid dienone is 1. The molecule has 0 spiro atoms. The molecule has 1 aliphatic heterocycles. The molecule has 2 aromatic rings. The van der Waals surface area contributed by atoms with E-state index in [0.717, 1.165) is 48.4 Å². The van der Waals surface area contributed by atoms with Crippen LogP contribution in [0, 0.1) is 13.8 Å². The maximum Gasteiger partial charge on any atom is 0.343 e. The van der Waals surface area contributed by atoms with Gasteiger partial charge in [0.1, 0.15) is 11.5 Å². The zero-order valence-electron chi connectivity index (χ0n) is 17.7. The number of hydrogen-bond acceptors (Lipinski definition) is 4. The highest BCUT2D eigenvalue weighted by Gasteiger charge is 2.48. The third-order valence-corrected chi connectivity index (χ3v) is 6.67. The van der Waals surface area contributed by atoms with Gasteiger partial charge in [-0.3, -0.25) is 4.90 Å². The smallest absolute Gasteiger partial charge is 0.343 e. The lowest BCUT2D eigenvalue weighted by Crippen LogP contribution is -2.42. The minimum Gasteiger partial charge on any atom is -0.496 e. The zero-order valence-corrected chi connectivity index (χ0v) is 17.7. The van der Waals surface area contributed by atoms with Gasteiger partial charge in [0.2, 0.25) is 0 Å². The number of methoxy groups -OCH3 is 1. The summed E-state index contributed by atoms with van der Waals surface area (Å²) in [5.74, 6) is 1.45. The van der Waals surface area contributed by atoms with Crippen molar-refractivity contribution in [2.45, 2.75) is 44.6 Å². The van der Waals surface area contributed by atoms with E-state index < -0.39 is 0 Å². The van der Waals surface area contributed by atoms with E-state index in [2.05, 4.69) is 43.1 Å². The molecule has 4 rings (SSSR count). The van der Waals surface area contributed by atoms with Crippen molar-refractivity contribution < 1.29 is 14.3 Å². The van der Waals surface area contributed by atoms with Gasteiger partial charge in [0.05, 0.1) is 12.7 Å². The summed E-state index contributed by atoms with van der Waals surface area (Å²) in [7, 11) is 3.87. The first-order valence-corrected chi connectivity index (χ1v) is 10.3. The Morgan fingerprint density at radius 2 is 1.90 bits per heavy atom. The van der Waals surface area contributed by atoms with Crippen molar-refractivity contribution in [1.29, 1.82) is 0 Å². The first-order valence-electron chi connectivity index (χ1n) is 10.3. The molecule has 152 valence electrons. The van der Waals surface area contributed by atoms with E-state index in [1.165, 1.54) is 5.56 Å². The van der Waals surface area contributed by atoms with Gasteiger partial charge in [-0.2, -0.15) is 0 Å². The first-order chi connectivity index (χ1) is 13.9. The lowest BCUT2D eigenvalue weighted by Gasteiger charge is -2.40. The van der Waals surface area contributed by atoms with Crippen LogP contribution in [-0.2, 0) is 10.2 Å². The van der Waals surface area contributed by atoms with Crippen molar-refractivity contribution in [2.24, 2.45) is 0 Å². The van der Waals surface area contributed by atoms with Gasteiger partial charge in [0.25, 0.3) is 0 Å². The normalized spacial score (nSPS) is 24.0. The molecule has 0 aromatic heterocycles. The lowest BCUT2D eigenvalue weighted by molar-refractivity contribution is 0.0592. The first kappa shape index (κ1) is 19.7. The van der Waals surface area contributed by atoms with Crippen LogP contribution in [0.2, 0.25) is 0 Å². The van der Waals surface area contributed by atoms with Crippen LogP contribution in [0.25, 0.3) is 0 Å². The Labute approximate surface area is 173 Å². The molecule has 0 N–H and O–H groups in total. The maximum atomic E-state index is 12.7. The molecule has 4 nitrogen and oxygen atoms in total. The van der Waals surface area contributed by atoms with Crippen molar-refractivity contribution >= 4 is 5.97 Å². The van der Waals surface area contributed by atoms with E-state index in [9.17, 15) is 4.79 Å². The van der Waals surface area contributed by atoms with E-state index in [0.29, 0.717) is 5.56 Å². The van der Waals surface area contributed by atoms with E-state index in [1.54, 1.807) is 7.11 Å². The fourth-order valence-corrected chi connectivity index (χ4v) is 4.96. The van der Waals surface area contributed by atoms with Crippen LogP contribution in [0.1, 0.15) is 46.3 Å².